The third-order valence-corrected chi connectivity index (χ3v) is 4.54. The van der Waals surface area contributed by atoms with Gasteiger partial charge in [0.2, 0.25) is 5.91 Å². The van der Waals surface area contributed by atoms with Gasteiger partial charge in [-0.05, 0) is 46.5 Å². The average Bonchev–Trinajstić information content (AvgIpc) is 2.58. The zero-order valence-corrected chi connectivity index (χ0v) is 17.5. The quantitative estimate of drug-likeness (QED) is 0.733. The number of carbonyl (C=O) groups excluding carboxylic acids is 3. The van der Waals surface area contributed by atoms with Gasteiger partial charge in [-0.2, -0.15) is 0 Å². The molecule has 156 valence electrons. The van der Waals surface area contributed by atoms with Gasteiger partial charge in [0.1, 0.15) is 11.6 Å². The Bertz CT molecular complexity index is 510. The van der Waals surface area contributed by atoms with E-state index < -0.39 is 17.7 Å². The molecule has 3 amide bonds. The van der Waals surface area contributed by atoms with Gasteiger partial charge in [0.25, 0.3) is 0 Å². The molecule has 0 radical (unpaired) electrons. The maximum absolute atomic E-state index is 12.7. The van der Waals surface area contributed by atoms with E-state index in [0.717, 1.165) is 6.42 Å². The first-order chi connectivity index (χ1) is 12.6. The standard InChI is InChI=1S/C19H35N3O5/c1-7-13(3)15(21-17(24)27-19(4,5)6)16(23)20-14-9-11-22(12-10-14)18(25)26-8-2/h13-15H,7-12H2,1-6H3,(H,20,23)(H,21,24). The van der Waals surface area contributed by atoms with Crippen molar-refractivity contribution in [1.29, 1.82) is 0 Å². The van der Waals surface area contributed by atoms with Crippen molar-refractivity contribution in [2.45, 2.75) is 78.5 Å². The highest BCUT2D eigenvalue weighted by Crippen LogP contribution is 2.15. The second-order valence-corrected chi connectivity index (χ2v) is 7.98. The van der Waals surface area contributed by atoms with Crippen LogP contribution in [0.1, 0.15) is 60.8 Å². The van der Waals surface area contributed by atoms with Crippen LogP contribution in [0.4, 0.5) is 9.59 Å². The lowest BCUT2D eigenvalue weighted by Crippen LogP contribution is -2.55. The van der Waals surface area contributed by atoms with Crippen molar-refractivity contribution < 1.29 is 23.9 Å². The number of nitrogens with zero attached hydrogens (tertiary/aromatic N) is 1. The predicted octanol–water partition coefficient (Wildman–Crippen LogP) is 2.66. The van der Waals surface area contributed by atoms with Crippen molar-refractivity contribution in [1.82, 2.24) is 15.5 Å². The maximum atomic E-state index is 12.7. The summed E-state index contributed by atoms with van der Waals surface area (Å²) in [5.74, 6) is -0.248. The summed E-state index contributed by atoms with van der Waals surface area (Å²) in [6, 6.07) is -0.692. The highest BCUT2D eigenvalue weighted by atomic mass is 16.6. The van der Waals surface area contributed by atoms with E-state index in [1.165, 1.54) is 0 Å². The third kappa shape index (κ3) is 8.05. The van der Waals surface area contributed by atoms with Crippen molar-refractivity contribution >= 4 is 18.1 Å². The summed E-state index contributed by atoms with van der Waals surface area (Å²) in [5.41, 5.74) is -0.625. The molecular weight excluding hydrogens is 350 g/mol. The number of hydrogen-bond acceptors (Lipinski definition) is 5. The zero-order chi connectivity index (χ0) is 20.6. The lowest BCUT2D eigenvalue weighted by atomic mass is 9.97. The first-order valence-electron chi connectivity index (χ1n) is 9.79. The molecule has 2 unspecified atom stereocenters. The molecule has 0 spiro atoms. The van der Waals surface area contributed by atoms with Gasteiger partial charge in [-0.3, -0.25) is 4.79 Å². The number of likely N-dealkylation sites (tertiary alicyclic amines) is 1. The van der Waals surface area contributed by atoms with E-state index in [2.05, 4.69) is 10.6 Å². The number of amides is 3. The van der Waals surface area contributed by atoms with Crippen molar-refractivity contribution in [3.05, 3.63) is 0 Å². The lowest BCUT2D eigenvalue weighted by molar-refractivity contribution is -0.125. The number of ether oxygens (including phenoxy) is 2. The van der Waals surface area contributed by atoms with E-state index in [9.17, 15) is 14.4 Å². The van der Waals surface area contributed by atoms with E-state index in [1.54, 1.807) is 32.6 Å². The summed E-state index contributed by atoms with van der Waals surface area (Å²) in [4.78, 5) is 38.2. The highest BCUT2D eigenvalue weighted by molar-refractivity contribution is 5.86. The molecule has 1 heterocycles. The summed E-state index contributed by atoms with van der Waals surface area (Å²) in [6.45, 7) is 12.4. The zero-order valence-electron chi connectivity index (χ0n) is 17.5. The monoisotopic (exact) mass is 385 g/mol. The van der Waals surface area contributed by atoms with Gasteiger partial charge in [-0.25, -0.2) is 9.59 Å². The summed E-state index contributed by atoms with van der Waals surface area (Å²) < 4.78 is 10.3. The largest absolute Gasteiger partial charge is 0.450 e. The molecule has 0 aromatic rings. The molecule has 0 aliphatic carbocycles. The lowest BCUT2D eigenvalue weighted by Gasteiger charge is -2.33. The van der Waals surface area contributed by atoms with E-state index in [-0.39, 0.29) is 24.0 Å². The third-order valence-electron chi connectivity index (χ3n) is 4.54. The predicted molar refractivity (Wildman–Crippen MR) is 102 cm³/mol. The van der Waals surface area contributed by atoms with Gasteiger partial charge < -0.3 is 25.0 Å². The number of hydrogen-bond donors (Lipinski definition) is 2. The molecule has 1 saturated heterocycles. The Balaban J connectivity index is 2.60. The molecule has 0 aromatic heterocycles. The average molecular weight is 386 g/mol. The van der Waals surface area contributed by atoms with Crippen LogP contribution in [0.5, 0.6) is 0 Å². The molecule has 1 fully saturated rings. The maximum Gasteiger partial charge on any atom is 0.409 e. The Morgan fingerprint density at radius 2 is 1.74 bits per heavy atom. The second kappa shape index (κ2) is 10.4. The van der Waals surface area contributed by atoms with E-state index in [1.807, 2.05) is 13.8 Å². The minimum absolute atomic E-state index is 0.0304. The van der Waals surface area contributed by atoms with Crippen LogP contribution >= 0.6 is 0 Å². The van der Waals surface area contributed by atoms with Gasteiger partial charge in [0.15, 0.2) is 0 Å². The van der Waals surface area contributed by atoms with Crippen LogP contribution in [0.2, 0.25) is 0 Å². The van der Waals surface area contributed by atoms with Gasteiger partial charge in [-0.15, -0.1) is 0 Å². The van der Waals surface area contributed by atoms with E-state index in [0.29, 0.717) is 32.5 Å². The fourth-order valence-corrected chi connectivity index (χ4v) is 2.85. The molecule has 2 atom stereocenters. The summed E-state index contributed by atoms with van der Waals surface area (Å²) in [7, 11) is 0. The molecule has 8 heteroatoms. The Kier molecular flexibility index (Phi) is 8.85. The molecular formula is C19H35N3O5. The minimum Gasteiger partial charge on any atom is -0.450 e. The molecule has 2 N–H and O–H groups in total. The second-order valence-electron chi connectivity index (χ2n) is 7.98. The van der Waals surface area contributed by atoms with E-state index >= 15 is 0 Å². The number of nitrogens with one attached hydrogen (secondary N) is 2. The summed E-state index contributed by atoms with van der Waals surface area (Å²) in [5, 5.41) is 5.71. The normalized spacial score (nSPS) is 17.6. The Hall–Kier alpha value is -1.99. The summed E-state index contributed by atoms with van der Waals surface area (Å²) >= 11 is 0. The van der Waals surface area contributed by atoms with Crippen LogP contribution < -0.4 is 10.6 Å². The van der Waals surface area contributed by atoms with Gasteiger partial charge in [0, 0.05) is 19.1 Å². The van der Waals surface area contributed by atoms with Gasteiger partial charge in [-0.1, -0.05) is 20.3 Å². The molecule has 1 rings (SSSR count). The number of rotatable bonds is 6. The smallest absolute Gasteiger partial charge is 0.409 e. The van der Waals surface area contributed by atoms with Crippen molar-refractivity contribution in [2.75, 3.05) is 19.7 Å². The van der Waals surface area contributed by atoms with Crippen LogP contribution in [0.15, 0.2) is 0 Å². The fraction of sp³-hybridized carbons (Fsp3) is 0.842. The highest BCUT2D eigenvalue weighted by Gasteiger charge is 2.31. The Morgan fingerprint density at radius 1 is 1.15 bits per heavy atom. The molecule has 8 nitrogen and oxygen atoms in total. The fourth-order valence-electron chi connectivity index (χ4n) is 2.85. The van der Waals surface area contributed by atoms with Crippen molar-refractivity contribution in [3.8, 4) is 0 Å². The van der Waals surface area contributed by atoms with Crippen molar-refractivity contribution in [2.24, 2.45) is 5.92 Å². The van der Waals surface area contributed by atoms with Crippen LogP contribution in [-0.4, -0.2) is 60.4 Å². The van der Waals surface area contributed by atoms with Crippen LogP contribution in [0, 0.1) is 5.92 Å². The van der Waals surface area contributed by atoms with E-state index in [4.69, 9.17) is 9.47 Å². The molecule has 27 heavy (non-hydrogen) atoms. The first kappa shape index (κ1) is 23.0. The van der Waals surface area contributed by atoms with Crippen LogP contribution in [-0.2, 0) is 14.3 Å². The van der Waals surface area contributed by atoms with Gasteiger partial charge >= 0.3 is 12.2 Å². The SMILES string of the molecule is CCOC(=O)N1CCC(NC(=O)C(NC(=O)OC(C)(C)C)C(C)CC)CC1. The number of piperidine rings is 1. The molecule has 0 saturated carbocycles. The summed E-state index contributed by atoms with van der Waals surface area (Å²) in [6.07, 6.45) is 1.15. The minimum atomic E-state index is -0.659. The number of alkyl carbamates (subject to hydrolysis) is 1. The molecule has 0 aromatic carbocycles. The Morgan fingerprint density at radius 3 is 2.22 bits per heavy atom. The van der Waals surface area contributed by atoms with Crippen LogP contribution in [0.25, 0.3) is 0 Å². The molecule has 1 aliphatic rings. The first-order valence-corrected chi connectivity index (χ1v) is 9.79. The van der Waals surface area contributed by atoms with Gasteiger partial charge in [0.05, 0.1) is 6.61 Å². The number of carbonyl (C=O) groups is 3. The topological polar surface area (TPSA) is 97.0 Å². The molecule has 0 bridgehead atoms. The molecule has 1 aliphatic heterocycles. The van der Waals surface area contributed by atoms with Crippen LogP contribution in [0.3, 0.4) is 0 Å². The Labute approximate surface area is 162 Å². The van der Waals surface area contributed by atoms with Crippen molar-refractivity contribution in [3.63, 3.8) is 0 Å².